The summed E-state index contributed by atoms with van der Waals surface area (Å²) in [5.74, 6) is 0.862. The third-order valence-corrected chi connectivity index (χ3v) is 4.50. The molecule has 2 rings (SSSR count). The SMILES string of the molecule is C=CCCCN(C)C(=NC)NCc1cccc(NC(=O)N2CCCC2)c1.I. The molecule has 2 N–H and O–H groups in total. The molecule has 1 aliphatic rings. The highest BCUT2D eigenvalue weighted by atomic mass is 127. The summed E-state index contributed by atoms with van der Waals surface area (Å²) in [7, 11) is 3.82. The molecule has 1 aliphatic heterocycles. The van der Waals surface area contributed by atoms with Crippen LogP contribution in [0.5, 0.6) is 0 Å². The van der Waals surface area contributed by atoms with Crippen molar-refractivity contribution in [3.63, 3.8) is 0 Å². The Hall–Kier alpha value is -1.77. The minimum atomic E-state index is -0.00892. The van der Waals surface area contributed by atoms with E-state index in [9.17, 15) is 4.79 Å². The number of unbranched alkanes of at least 4 members (excludes halogenated alkanes) is 1. The third kappa shape index (κ3) is 7.78. The van der Waals surface area contributed by atoms with Crippen LogP contribution in [0.25, 0.3) is 0 Å². The van der Waals surface area contributed by atoms with Crippen molar-refractivity contribution in [1.29, 1.82) is 0 Å². The molecule has 1 aromatic rings. The molecule has 1 heterocycles. The predicted molar refractivity (Wildman–Crippen MR) is 124 cm³/mol. The second kappa shape index (κ2) is 12.6. The average Bonchev–Trinajstić information content (AvgIpc) is 3.18. The maximum Gasteiger partial charge on any atom is 0.321 e. The Labute approximate surface area is 180 Å². The second-order valence-electron chi connectivity index (χ2n) is 6.58. The number of guanidine groups is 1. The number of nitrogens with one attached hydrogen (secondary N) is 2. The monoisotopic (exact) mass is 485 g/mol. The molecule has 0 radical (unpaired) electrons. The van der Waals surface area contributed by atoms with Gasteiger partial charge in [-0.2, -0.15) is 0 Å². The van der Waals surface area contributed by atoms with Crippen LogP contribution < -0.4 is 10.6 Å². The van der Waals surface area contributed by atoms with Crippen LogP contribution in [0.3, 0.4) is 0 Å². The summed E-state index contributed by atoms with van der Waals surface area (Å²) < 4.78 is 0. The first kappa shape index (κ1) is 23.3. The van der Waals surface area contributed by atoms with E-state index in [1.165, 1.54) is 0 Å². The van der Waals surface area contributed by atoms with Crippen LogP contribution in [0.15, 0.2) is 41.9 Å². The molecule has 2 amide bonds. The van der Waals surface area contributed by atoms with Crippen molar-refractivity contribution in [3.05, 3.63) is 42.5 Å². The Balaban J connectivity index is 0.00000364. The first-order valence-corrected chi connectivity index (χ1v) is 9.31. The number of benzene rings is 1. The van der Waals surface area contributed by atoms with Crippen LogP contribution in [-0.2, 0) is 6.54 Å². The highest BCUT2D eigenvalue weighted by Gasteiger charge is 2.17. The van der Waals surface area contributed by atoms with E-state index >= 15 is 0 Å². The van der Waals surface area contributed by atoms with Gasteiger partial charge >= 0.3 is 6.03 Å². The minimum absolute atomic E-state index is 0. The standard InChI is InChI=1S/C20H31N5O.HI/c1-4-5-6-12-24(3)19(21-2)22-16-17-10-9-11-18(15-17)23-20(26)25-13-7-8-14-25;/h4,9-11,15H,1,5-8,12-14,16H2,2-3H3,(H,21,22)(H,23,26);1H. The van der Waals surface area contributed by atoms with E-state index in [1.54, 1.807) is 7.05 Å². The van der Waals surface area contributed by atoms with Crippen molar-refractivity contribution in [2.45, 2.75) is 32.2 Å². The minimum Gasteiger partial charge on any atom is -0.352 e. The molecule has 0 unspecified atom stereocenters. The maximum atomic E-state index is 12.2. The molecule has 0 aromatic heterocycles. The number of likely N-dealkylation sites (tertiary alicyclic amines) is 1. The molecule has 150 valence electrons. The smallest absolute Gasteiger partial charge is 0.321 e. The number of carbonyl (C=O) groups is 1. The molecular weight excluding hydrogens is 453 g/mol. The number of aliphatic imine (C=N–C) groups is 1. The van der Waals surface area contributed by atoms with E-state index in [0.717, 1.165) is 62.5 Å². The van der Waals surface area contributed by atoms with Crippen LogP contribution in [0.1, 0.15) is 31.2 Å². The molecule has 0 spiro atoms. The van der Waals surface area contributed by atoms with Gasteiger partial charge in [0.15, 0.2) is 5.96 Å². The summed E-state index contributed by atoms with van der Waals surface area (Å²) in [4.78, 5) is 20.5. The molecule has 0 bridgehead atoms. The molecule has 0 atom stereocenters. The van der Waals surface area contributed by atoms with E-state index in [2.05, 4.69) is 27.1 Å². The predicted octanol–water partition coefficient (Wildman–Crippen LogP) is 3.91. The van der Waals surface area contributed by atoms with Gasteiger partial charge < -0.3 is 20.4 Å². The van der Waals surface area contributed by atoms with Crippen molar-refractivity contribution >= 4 is 41.7 Å². The van der Waals surface area contributed by atoms with E-state index in [0.29, 0.717) is 6.54 Å². The molecule has 6 nitrogen and oxygen atoms in total. The maximum absolute atomic E-state index is 12.2. The number of anilines is 1. The van der Waals surface area contributed by atoms with E-state index in [-0.39, 0.29) is 30.0 Å². The molecule has 1 aromatic carbocycles. The van der Waals surface area contributed by atoms with Crippen molar-refractivity contribution in [2.75, 3.05) is 39.0 Å². The zero-order valence-electron chi connectivity index (χ0n) is 16.4. The Kier molecular flexibility index (Phi) is 10.8. The summed E-state index contributed by atoms with van der Waals surface area (Å²) in [6.07, 6.45) is 6.18. The van der Waals surface area contributed by atoms with Crippen LogP contribution in [0.2, 0.25) is 0 Å². The van der Waals surface area contributed by atoms with E-state index < -0.39 is 0 Å². The molecule has 7 heteroatoms. The third-order valence-electron chi connectivity index (χ3n) is 4.50. The van der Waals surface area contributed by atoms with Gasteiger partial charge in [0.25, 0.3) is 0 Å². The van der Waals surface area contributed by atoms with Crippen LogP contribution >= 0.6 is 24.0 Å². The zero-order chi connectivity index (χ0) is 18.8. The lowest BCUT2D eigenvalue weighted by atomic mass is 10.2. The number of amides is 2. The molecule has 0 saturated carbocycles. The van der Waals surface area contributed by atoms with Gasteiger partial charge in [0.05, 0.1) is 0 Å². The average molecular weight is 485 g/mol. The number of hydrogen-bond acceptors (Lipinski definition) is 2. The fourth-order valence-corrected chi connectivity index (χ4v) is 3.03. The summed E-state index contributed by atoms with van der Waals surface area (Å²) in [6.45, 7) is 7.04. The van der Waals surface area contributed by atoms with Gasteiger partial charge in [-0.25, -0.2) is 4.79 Å². The highest BCUT2D eigenvalue weighted by Crippen LogP contribution is 2.14. The Morgan fingerprint density at radius 2 is 2.11 bits per heavy atom. The van der Waals surface area contributed by atoms with Crippen molar-refractivity contribution in [3.8, 4) is 0 Å². The van der Waals surface area contributed by atoms with Gasteiger partial charge in [-0.3, -0.25) is 4.99 Å². The number of allylic oxidation sites excluding steroid dienone is 1. The van der Waals surface area contributed by atoms with Gasteiger partial charge in [0.2, 0.25) is 0 Å². The van der Waals surface area contributed by atoms with Gasteiger partial charge in [-0.15, -0.1) is 30.6 Å². The Morgan fingerprint density at radius 3 is 2.78 bits per heavy atom. The number of rotatable bonds is 7. The first-order chi connectivity index (χ1) is 12.6. The molecular formula is C20H32IN5O. The fraction of sp³-hybridized carbons (Fsp3) is 0.500. The topological polar surface area (TPSA) is 60.0 Å². The largest absolute Gasteiger partial charge is 0.352 e. The van der Waals surface area contributed by atoms with Crippen molar-refractivity contribution in [1.82, 2.24) is 15.1 Å². The Morgan fingerprint density at radius 1 is 1.37 bits per heavy atom. The molecule has 1 fully saturated rings. The van der Waals surface area contributed by atoms with E-state index in [4.69, 9.17) is 0 Å². The lowest BCUT2D eigenvalue weighted by Crippen LogP contribution is -2.39. The fourth-order valence-electron chi connectivity index (χ4n) is 3.03. The number of halogens is 1. The lowest BCUT2D eigenvalue weighted by Gasteiger charge is -2.22. The van der Waals surface area contributed by atoms with Crippen LogP contribution in [0, 0.1) is 0 Å². The quantitative estimate of drug-likeness (QED) is 0.203. The van der Waals surface area contributed by atoms with Crippen LogP contribution in [-0.4, -0.2) is 55.5 Å². The number of nitrogens with zero attached hydrogens (tertiary/aromatic N) is 3. The Bertz CT molecular complexity index is 629. The van der Waals surface area contributed by atoms with E-state index in [1.807, 2.05) is 42.3 Å². The van der Waals surface area contributed by atoms with Crippen molar-refractivity contribution < 1.29 is 4.79 Å². The van der Waals surface area contributed by atoms with Crippen molar-refractivity contribution in [2.24, 2.45) is 4.99 Å². The lowest BCUT2D eigenvalue weighted by molar-refractivity contribution is 0.222. The molecule has 1 saturated heterocycles. The summed E-state index contributed by atoms with van der Waals surface area (Å²) in [6, 6.07) is 7.93. The van der Waals surface area contributed by atoms with Gasteiger partial charge in [0.1, 0.15) is 0 Å². The van der Waals surface area contributed by atoms with Gasteiger partial charge in [0, 0.05) is 46.0 Å². The number of hydrogen-bond donors (Lipinski definition) is 2. The second-order valence-corrected chi connectivity index (χ2v) is 6.58. The van der Waals surface area contributed by atoms with Gasteiger partial charge in [-0.1, -0.05) is 18.2 Å². The molecule has 0 aliphatic carbocycles. The zero-order valence-corrected chi connectivity index (χ0v) is 18.7. The summed E-state index contributed by atoms with van der Waals surface area (Å²) in [5.41, 5.74) is 1.93. The normalized spacial score (nSPS) is 13.7. The number of carbonyl (C=O) groups excluding carboxylic acids is 1. The summed E-state index contributed by atoms with van der Waals surface area (Å²) in [5, 5.41) is 6.37. The van der Waals surface area contributed by atoms with Gasteiger partial charge in [-0.05, 0) is 43.4 Å². The first-order valence-electron chi connectivity index (χ1n) is 9.31. The number of urea groups is 1. The molecule has 27 heavy (non-hydrogen) atoms. The summed E-state index contributed by atoms with van der Waals surface area (Å²) >= 11 is 0. The van der Waals surface area contributed by atoms with Crippen LogP contribution in [0.4, 0.5) is 10.5 Å². The highest BCUT2D eigenvalue weighted by molar-refractivity contribution is 14.0.